The highest BCUT2D eigenvalue weighted by molar-refractivity contribution is 5.65. The summed E-state index contributed by atoms with van der Waals surface area (Å²) in [5.41, 5.74) is 4.31. The maximum Gasteiger partial charge on any atom is 0.372 e. The minimum Gasteiger partial charge on any atom is -0.358 e. The van der Waals surface area contributed by atoms with Crippen LogP contribution in [0.3, 0.4) is 0 Å². The average Bonchev–Trinajstić information content (AvgIpc) is 3.20. The van der Waals surface area contributed by atoms with Gasteiger partial charge >= 0.3 is 5.82 Å². The lowest BCUT2D eigenvalue weighted by molar-refractivity contribution is -0.389. The van der Waals surface area contributed by atoms with Gasteiger partial charge in [0.2, 0.25) is 11.5 Å². The first-order valence-corrected chi connectivity index (χ1v) is 8.51. The van der Waals surface area contributed by atoms with Gasteiger partial charge in [0.1, 0.15) is 0 Å². The molecular weight excluding hydrogens is 316 g/mol. The first-order chi connectivity index (χ1) is 12.1. The van der Waals surface area contributed by atoms with Crippen LogP contribution in [0.5, 0.6) is 0 Å². The number of aryl methyl sites for hydroxylation is 2. The van der Waals surface area contributed by atoms with Gasteiger partial charge in [0.25, 0.3) is 0 Å². The zero-order valence-electron chi connectivity index (χ0n) is 14.3. The van der Waals surface area contributed by atoms with Crippen LogP contribution >= 0.6 is 0 Å². The van der Waals surface area contributed by atoms with E-state index in [4.69, 9.17) is 0 Å². The standard InChI is InChI=1S/C19H20N4O2/c1-13-8-9-15(12-14(13)2)16-6-5-11-21(16)18-19(23(24)25)22-10-4-3-7-17(22)20-18/h3-4,7-10,12,16H,5-6,11H2,1-2H3/t16-/m0/s1. The monoisotopic (exact) mass is 336 g/mol. The Kier molecular flexibility index (Phi) is 3.67. The molecule has 0 saturated carbocycles. The van der Waals surface area contributed by atoms with Crippen molar-refractivity contribution < 1.29 is 4.92 Å². The second-order valence-electron chi connectivity index (χ2n) is 6.64. The summed E-state index contributed by atoms with van der Waals surface area (Å²) in [6, 6.07) is 12.0. The van der Waals surface area contributed by atoms with E-state index in [1.165, 1.54) is 16.7 Å². The molecule has 0 radical (unpaired) electrons. The lowest BCUT2D eigenvalue weighted by atomic mass is 9.99. The number of aromatic nitrogens is 2. The Hall–Kier alpha value is -2.89. The lowest BCUT2D eigenvalue weighted by Gasteiger charge is -2.25. The van der Waals surface area contributed by atoms with Crippen molar-refractivity contribution in [1.82, 2.24) is 9.38 Å². The minimum absolute atomic E-state index is 0.0475. The van der Waals surface area contributed by atoms with Crippen molar-refractivity contribution in [3.05, 3.63) is 69.4 Å². The van der Waals surface area contributed by atoms with Crippen LogP contribution in [-0.4, -0.2) is 20.9 Å². The van der Waals surface area contributed by atoms with Crippen LogP contribution in [0.25, 0.3) is 5.65 Å². The predicted octanol–water partition coefficient (Wildman–Crippen LogP) is 4.20. The largest absolute Gasteiger partial charge is 0.372 e. The van der Waals surface area contributed by atoms with Gasteiger partial charge in [-0.25, -0.2) is 0 Å². The SMILES string of the molecule is Cc1ccc([C@@H]2CCCN2c2nc3ccccn3c2[N+](=O)[O-])cc1C. The molecule has 1 atom stereocenters. The number of hydrogen-bond donors (Lipinski definition) is 0. The fourth-order valence-corrected chi connectivity index (χ4v) is 3.67. The van der Waals surface area contributed by atoms with Gasteiger partial charge < -0.3 is 15.0 Å². The Morgan fingerprint density at radius 3 is 2.80 bits per heavy atom. The van der Waals surface area contributed by atoms with Crippen molar-refractivity contribution in [2.24, 2.45) is 0 Å². The second kappa shape index (κ2) is 5.88. The van der Waals surface area contributed by atoms with Crippen molar-refractivity contribution in [2.45, 2.75) is 32.7 Å². The van der Waals surface area contributed by atoms with Crippen molar-refractivity contribution >= 4 is 17.3 Å². The molecule has 1 fully saturated rings. The molecule has 6 nitrogen and oxygen atoms in total. The van der Waals surface area contributed by atoms with Crippen LogP contribution in [0.1, 0.15) is 35.6 Å². The summed E-state index contributed by atoms with van der Waals surface area (Å²) in [5, 5.41) is 11.7. The molecule has 0 N–H and O–H groups in total. The molecule has 1 aliphatic rings. The summed E-state index contributed by atoms with van der Waals surface area (Å²) >= 11 is 0. The average molecular weight is 336 g/mol. The van der Waals surface area contributed by atoms with Crippen molar-refractivity contribution in [2.75, 3.05) is 11.4 Å². The number of benzene rings is 1. The molecule has 128 valence electrons. The zero-order chi connectivity index (χ0) is 17.6. The fourth-order valence-electron chi connectivity index (χ4n) is 3.67. The van der Waals surface area contributed by atoms with Crippen molar-refractivity contribution in [3.63, 3.8) is 0 Å². The van der Waals surface area contributed by atoms with E-state index in [1.807, 2.05) is 6.07 Å². The summed E-state index contributed by atoms with van der Waals surface area (Å²) < 4.78 is 1.56. The zero-order valence-corrected chi connectivity index (χ0v) is 14.3. The highest BCUT2D eigenvalue weighted by Crippen LogP contribution is 2.40. The summed E-state index contributed by atoms with van der Waals surface area (Å²) in [5.74, 6) is 0.517. The molecule has 6 heteroatoms. The fraction of sp³-hybridized carbons (Fsp3) is 0.316. The van der Waals surface area contributed by atoms with Gasteiger partial charge in [-0.1, -0.05) is 24.3 Å². The molecule has 0 aliphatic carbocycles. The molecule has 1 aliphatic heterocycles. The summed E-state index contributed by atoms with van der Waals surface area (Å²) in [6.45, 7) is 4.98. The van der Waals surface area contributed by atoms with Gasteiger partial charge in [0.15, 0.2) is 0 Å². The van der Waals surface area contributed by atoms with Gasteiger partial charge in [0.05, 0.1) is 12.2 Å². The third-order valence-corrected chi connectivity index (χ3v) is 5.10. The van der Waals surface area contributed by atoms with Gasteiger partial charge in [-0.2, -0.15) is 9.38 Å². The molecule has 0 unspecified atom stereocenters. The molecule has 1 aromatic carbocycles. The number of hydrogen-bond acceptors (Lipinski definition) is 4. The maximum absolute atomic E-state index is 11.7. The van der Waals surface area contributed by atoms with E-state index in [0.717, 1.165) is 19.4 Å². The van der Waals surface area contributed by atoms with E-state index < -0.39 is 0 Å². The summed E-state index contributed by atoms with van der Waals surface area (Å²) in [4.78, 5) is 18.1. The lowest BCUT2D eigenvalue weighted by Crippen LogP contribution is -2.24. The molecule has 3 heterocycles. The van der Waals surface area contributed by atoms with Crippen LogP contribution in [0, 0.1) is 24.0 Å². The normalized spacial score (nSPS) is 17.4. The summed E-state index contributed by atoms with van der Waals surface area (Å²) in [7, 11) is 0. The molecule has 2 aromatic heterocycles. The Bertz CT molecular complexity index is 963. The van der Waals surface area contributed by atoms with Crippen molar-refractivity contribution in [3.8, 4) is 0 Å². The topological polar surface area (TPSA) is 63.7 Å². The third-order valence-electron chi connectivity index (χ3n) is 5.10. The van der Waals surface area contributed by atoms with E-state index in [9.17, 15) is 10.1 Å². The molecule has 1 saturated heterocycles. The van der Waals surface area contributed by atoms with E-state index in [-0.39, 0.29) is 16.8 Å². The Morgan fingerprint density at radius 1 is 1.20 bits per heavy atom. The molecule has 0 spiro atoms. The molecule has 25 heavy (non-hydrogen) atoms. The van der Waals surface area contributed by atoms with Crippen LogP contribution in [-0.2, 0) is 0 Å². The van der Waals surface area contributed by atoms with Gasteiger partial charge in [0, 0.05) is 12.6 Å². The van der Waals surface area contributed by atoms with E-state index in [1.54, 1.807) is 22.7 Å². The number of anilines is 1. The van der Waals surface area contributed by atoms with E-state index >= 15 is 0 Å². The number of nitro groups is 1. The first kappa shape index (κ1) is 15.6. The van der Waals surface area contributed by atoms with Crippen LogP contribution < -0.4 is 4.90 Å². The third kappa shape index (κ3) is 2.54. The molecule has 0 amide bonds. The van der Waals surface area contributed by atoms with Gasteiger partial charge in [-0.15, -0.1) is 0 Å². The maximum atomic E-state index is 11.7. The predicted molar refractivity (Wildman–Crippen MR) is 97.1 cm³/mol. The number of rotatable bonds is 3. The van der Waals surface area contributed by atoms with Gasteiger partial charge in [-0.3, -0.25) is 0 Å². The van der Waals surface area contributed by atoms with Crippen LogP contribution in [0.4, 0.5) is 11.6 Å². The summed E-state index contributed by atoms with van der Waals surface area (Å²) in [6.07, 6.45) is 3.68. The van der Waals surface area contributed by atoms with Crippen LogP contribution in [0.2, 0.25) is 0 Å². The number of pyridine rings is 1. The van der Waals surface area contributed by atoms with Crippen LogP contribution in [0.15, 0.2) is 42.6 Å². The van der Waals surface area contributed by atoms with E-state index in [2.05, 4.69) is 41.9 Å². The number of nitrogens with zero attached hydrogens (tertiary/aromatic N) is 4. The van der Waals surface area contributed by atoms with Gasteiger partial charge in [-0.05, 0) is 54.4 Å². The Labute approximate surface area is 145 Å². The molecule has 3 aromatic rings. The highest BCUT2D eigenvalue weighted by atomic mass is 16.6. The Morgan fingerprint density at radius 2 is 2.04 bits per heavy atom. The van der Waals surface area contributed by atoms with Crippen molar-refractivity contribution in [1.29, 1.82) is 0 Å². The molecule has 0 bridgehead atoms. The highest BCUT2D eigenvalue weighted by Gasteiger charge is 2.34. The molecular formula is C19H20N4O2. The van der Waals surface area contributed by atoms with E-state index in [0.29, 0.717) is 11.5 Å². The minimum atomic E-state index is -0.328. The number of imidazole rings is 1. The first-order valence-electron chi connectivity index (χ1n) is 8.51. The molecule has 4 rings (SSSR count). The number of fused-ring (bicyclic) bond motifs is 1. The quantitative estimate of drug-likeness (QED) is 0.531. The second-order valence-corrected chi connectivity index (χ2v) is 6.64. The Balaban J connectivity index is 1.83. The smallest absolute Gasteiger partial charge is 0.358 e.